The molecule has 1 amide bonds. The number of nitrogens with zero attached hydrogens (tertiary/aromatic N) is 1. The van der Waals surface area contributed by atoms with Crippen molar-refractivity contribution in [3.05, 3.63) is 35.1 Å². The molecule has 2 fully saturated rings. The molecule has 4 rings (SSSR count). The zero-order chi connectivity index (χ0) is 23.4. The Hall–Kier alpha value is -1.68. The third-order valence-corrected chi connectivity index (χ3v) is 10.1. The summed E-state index contributed by atoms with van der Waals surface area (Å²) >= 11 is 0. The first-order chi connectivity index (χ1) is 15.0. The molecule has 176 valence electrons. The van der Waals surface area contributed by atoms with E-state index in [0.29, 0.717) is 40.5 Å². The lowest BCUT2D eigenvalue weighted by atomic mass is 9.46. The van der Waals surface area contributed by atoms with Crippen LogP contribution in [0.4, 0.5) is 0 Å². The topological polar surface area (TPSA) is 49.4 Å². The van der Waals surface area contributed by atoms with Gasteiger partial charge in [-0.3, -0.25) is 9.59 Å². The molecule has 7 atom stereocenters. The van der Waals surface area contributed by atoms with Gasteiger partial charge in [-0.15, -0.1) is 0 Å². The van der Waals surface area contributed by atoms with Crippen molar-refractivity contribution in [3.63, 3.8) is 0 Å². The summed E-state index contributed by atoms with van der Waals surface area (Å²) in [6, 6.07) is 0.572. The fraction of sp³-hybridized carbons (Fsp3) is 0.714. The lowest BCUT2D eigenvalue weighted by Gasteiger charge is -2.58. The normalized spacial score (nSPS) is 40.1. The summed E-state index contributed by atoms with van der Waals surface area (Å²) in [5.74, 6) is 1.87. The van der Waals surface area contributed by atoms with Crippen molar-refractivity contribution < 1.29 is 9.59 Å². The highest BCUT2D eigenvalue weighted by atomic mass is 16.2. The van der Waals surface area contributed by atoms with Crippen molar-refractivity contribution in [1.82, 2.24) is 10.2 Å². The molecule has 0 spiro atoms. The molecular formula is C28H42N2O2. The number of nitrogens with one attached hydrogen (secondary N) is 1. The molecule has 4 heteroatoms. The lowest BCUT2D eigenvalue weighted by molar-refractivity contribution is -0.133. The largest absolute Gasteiger partial charge is 0.319 e. The van der Waals surface area contributed by atoms with Crippen molar-refractivity contribution >= 4 is 11.7 Å². The summed E-state index contributed by atoms with van der Waals surface area (Å²) in [7, 11) is 4.41. The maximum Gasteiger partial charge on any atom is 0.251 e. The molecule has 1 N–H and O–H groups in total. The number of hydrogen-bond acceptors (Lipinski definition) is 3. The summed E-state index contributed by atoms with van der Waals surface area (Å²) in [5.41, 5.74) is 3.17. The third-order valence-electron chi connectivity index (χ3n) is 10.1. The Kier molecular flexibility index (Phi) is 6.07. The first kappa shape index (κ1) is 23.5. The van der Waals surface area contributed by atoms with Gasteiger partial charge < -0.3 is 10.2 Å². The fourth-order valence-corrected chi connectivity index (χ4v) is 7.71. The molecule has 0 heterocycles. The van der Waals surface area contributed by atoms with Crippen LogP contribution in [0.5, 0.6) is 0 Å². The average Bonchev–Trinajstić information content (AvgIpc) is 3.11. The van der Waals surface area contributed by atoms with Crippen LogP contribution < -0.4 is 5.32 Å². The molecule has 0 aromatic carbocycles. The number of rotatable bonds is 4. The monoisotopic (exact) mass is 438 g/mol. The van der Waals surface area contributed by atoms with E-state index in [2.05, 4.69) is 51.2 Å². The second-order valence-corrected chi connectivity index (χ2v) is 11.6. The van der Waals surface area contributed by atoms with Crippen LogP contribution in [-0.2, 0) is 9.59 Å². The van der Waals surface area contributed by atoms with Crippen molar-refractivity contribution in [1.29, 1.82) is 0 Å². The van der Waals surface area contributed by atoms with Gasteiger partial charge in [-0.25, -0.2) is 0 Å². The molecule has 0 aromatic heterocycles. The minimum atomic E-state index is -0.157. The molecule has 32 heavy (non-hydrogen) atoms. The number of fused-ring (bicyclic) bond motifs is 5. The third kappa shape index (κ3) is 3.45. The van der Waals surface area contributed by atoms with Gasteiger partial charge in [-0.2, -0.15) is 0 Å². The maximum absolute atomic E-state index is 13.5. The number of allylic oxidation sites excluding steroid dienone is 5. The van der Waals surface area contributed by atoms with E-state index in [1.165, 1.54) is 19.3 Å². The van der Waals surface area contributed by atoms with E-state index >= 15 is 0 Å². The van der Waals surface area contributed by atoms with E-state index in [0.717, 1.165) is 19.3 Å². The highest BCUT2D eigenvalue weighted by molar-refractivity contribution is 6.04. The van der Waals surface area contributed by atoms with Crippen LogP contribution in [0, 0.1) is 34.5 Å². The molecule has 4 aliphatic carbocycles. The minimum Gasteiger partial charge on any atom is -0.319 e. The Morgan fingerprint density at radius 2 is 1.94 bits per heavy atom. The second kappa shape index (κ2) is 8.27. The summed E-state index contributed by atoms with van der Waals surface area (Å²) in [5, 5.41) is 2.90. The standard InChI is InChI=1S/C28H42N2O2/c1-8-17(2)26(32)29-24-14-16-28(5)22-13-15-27(4)20(18(3)30(6)7)11-12-21(27)19(22)9-10-23(28)25(24)31/h8,12,14,18-20,22-23H,9-11,13,15-16H2,1-7H3,(H,29,32). The van der Waals surface area contributed by atoms with E-state index in [1.54, 1.807) is 18.6 Å². The summed E-state index contributed by atoms with van der Waals surface area (Å²) < 4.78 is 0. The van der Waals surface area contributed by atoms with Crippen molar-refractivity contribution in [2.45, 2.75) is 79.2 Å². The van der Waals surface area contributed by atoms with Crippen LogP contribution >= 0.6 is 0 Å². The summed E-state index contributed by atoms with van der Waals surface area (Å²) in [4.78, 5) is 28.2. The number of Topliss-reactive ketones (excluding diaryl/α,β-unsaturated/α-hetero) is 1. The van der Waals surface area contributed by atoms with Crippen LogP contribution in [0.1, 0.15) is 73.1 Å². The number of amides is 1. The van der Waals surface area contributed by atoms with Gasteiger partial charge in [-0.1, -0.05) is 37.6 Å². The van der Waals surface area contributed by atoms with Crippen LogP contribution in [-0.4, -0.2) is 36.7 Å². The predicted molar refractivity (Wildman–Crippen MR) is 130 cm³/mol. The molecule has 2 saturated carbocycles. The lowest BCUT2D eigenvalue weighted by Crippen LogP contribution is -2.54. The predicted octanol–water partition coefficient (Wildman–Crippen LogP) is 5.27. The Morgan fingerprint density at radius 3 is 2.59 bits per heavy atom. The molecule has 0 aromatic rings. The minimum absolute atomic E-state index is 0.00269. The maximum atomic E-state index is 13.5. The number of carbonyl (C=O) groups excluding carboxylic acids is 2. The Balaban J connectivity index is 1.57. The molecule has 4 nitrogen and oxygen atoms in total. The SMILES string of the molecule is CC=C(C)C(=O)NC1=CCC2(C)C(CCC3C4=CCC(C(C)N(C)C)C4(C)CCC32)C1=O. The highest BCUT2D eigenvalue weighted by Gasteiger charge is 2.59. The first-order valence-corrected chi connectivity index (χ1v) is 12.6. The summed E-state index contributed by atoms with van der Waals surface area (Å²) in [6.45, 7) is 10.9. The number of ketones is 1. The van der Waals surface area contributed by atoms with Gasteiger partial charge in [-0.05, 0) is 102 Å². The van der Waals surface area contributed by atoms with E-state index in [1.807, 2.05) is 13.0 Å². The zero-order valence-corrected chi connectivity index (χ0v) is 21.1. The van der Waals surface area contributed by atoms with E-state index < -0.39 is 0 Å². The number of carbonyl (C=O) groups is 2. The Morgan fingerprint density at radius 1 is 1.22 bits per heavy atom. The second-order valence-electron chi connectivity index (χ2n) is 11.6. The van der Waals surface area contributed by atoms with Gasteiger partial charge in [0.25, 0.3) is 5.91 Å². The Bertz CT molecular complexity index is 897. The zero-order valence-electron chi connectivity index (χ0n) is 21.1. The highest BCUT2D eigenvalue weighted by Crippen LogP contribution is 2.65. The van der Waals surface area contributed by atoms with Crippen molar-refractivity contribution in [3.8, 4) is 0 Å². The molecule has 0 saturated heterocycles. The van der Waals surface area contributed by atoms with Crippen LogP contribution in [0.15, 0.2) is 35.1 Å². The molecule has 4 aliphatic rings. The fourth-order valence-electron chi connectivity index (χ4n) is 7.71. The van der Waals surface area contributed by atoms with Gasteiger partial charge in [0.05, 0.1) is 5.70 Å². The summed E-state index contributed by atoms with van der Waals surface area (Å²) in [6.07, 6.45) is 13.0. The van der Waals surface area contributed by atoms with Gasteiger partial charge in [0.2, 0.25) is 0 Å². The Labute approximate surface area is 194 Å². The van der Waals surface area contributed by atoms with Gasteiger partial charge >= 0.3 is 0 Å². The average molecular weight is 439 g/mol. The molecular weight excluding hydrogens is 396 g/mol. The number of hydrogen-bond donors (Lipinski definition) is 1. The van der Waals surface area contributed by atoms with Gasteiger partial charge in [0, 0.05) is 17.5 Å². The smallest absolute Gasteiger partial charge is 0.251 e. The van der Waals surface area contributed by atoms with E-state index in [-0.39, 0.29) is 23.0 Å². The van der Waals surface area contributed by atoms with E-state index in [4.69, 9.17) is 0 Å². The van der Waals surface area contributed by atoms with Crippen molar-refractivity contribution in [2.24, 2.45) is 34.5 Å². The van der Waals surface area contributed by atoms with Crippen molar-refractivity contribution in [2.75, 3.05) is 14.1 Å². The van der Waals surface area contributed by atoms with Crippen LogP contribution in [0.2, 0.25) is 0 Å². The molecule has 0 bridgehead atoms. The molecule has 0 radical (unpaired) electrons. The van der Waals surface area contributed by atoms with E-state index in [9.17, 15) is 9.59 Å². The quantitative estimate of drug-likeness (QED) is 0.480. The van der Waals surface area contributed by atoms with Gasteiger partial charge in [0.15, 0.2) is 5.78 Å². The molecule has 7 unspecified atom stereocenters. The first-order valence-electron chi connectivity index (χ1n) is 12.6. The molecule has 0 aliphatic heterocycles. The van der Waals surface area contributed by atoms with Crippen LogP contribution in [0.25, 0.3) is 0 Å². The van der Waals surface area contributed by atoms with Gasteiger partial charge in [0.1, 0.15) is 0 Å². The van der Waals surface area contributed by atoms with Crippen LogP contribution in [0.3, 0.4) is 0 Å².